The van der Waals surface area contributed by atoms with Crippen molar-refractivity contribution in [1.29, 1.82) is 0 Å². The molecule has 8 heteroatoms. The number of halogens is 1. The lowest BCUT2D eigenvalue weighted by molar-refractivity contribution is 0.0625. The highest BCUT2D eigenvalue weighted by atomic mass is 35.5. The van der Waals surface area contributed by atoms with E-state index in [1.807, 2.05) is 11.0 Å². The molecule has 0 radical (unpaired) electrons. The highest BCUT2D eigenvalue weighted by Crippen LogP contribution is 2.27. The second-order valence-corrected chi connectivity index (χ2v) is 8.84. The summed E-state index contributed by atoms with van der Waals surface area (Å²) in [5.41, 5.74) is 1.57. The van der Waals surface area contributed by atoms with E-state index in [0.717, 1.165) is 30.3 Å². The monoisotopic (exact) mass is 433 g/mol. The molecule has 2 aromatic heterocycles. The molecule has 4 rings (SSSR count). The average Bonchev–Trinajstić information content (AvgIpc) is 3.40. The summed E-state index contributed by atoms with van der Waals surface area (Å²) in [6, 6.07) is 9.28. The fourth-order valence-electron chi connectivity index (χ4n) is 3.24. The fraction of sp³-hybridized carbons (Fsp3) is 0.300. The largest absolute Gasteiger partial charge is 0.496 e. The van der Waals surface area contributed by atoms with Crippen LogP contribution >= 0.6 is 34.3 Å². The number of carbonyl (C=O) groups excluding carboxylic acids is 1. The summed E-state index contributed by atoms with van der Waals surface area (Å²) in [5.74, 6) is 0.522. The number of nitrogens with zero attached hydrogens (tertiary/aromatic N) is 3. The van der Waals surface area contributed by atoms with Crippen molar-refractivity contribution in [2.75, 3.05) is 33.3 Å². The third-order valence-electron chi connectivity index (χ3n) is 4.74. The molecule has 3 heterocycles. The topological polar surface area (TPSA) is 45.7 Å². The molecule has 1 saturated heterocycles. The third-order valence-corrected chi connectivity index (χ3v) is 6.70. The normalized spacial score (nSPS) is 15.0. The quantitative estimate of drug-likeness (QED) is 0.594. The number of hydrogen-bond donors (Lipinski definition) is 0. The Morgan fingerprint density at radius 1 is 1.21 bits per heavy atom. The van der Waals surface area contributed by atoms with Crippen LogP contribution in [0.2, 0.25) is 5.02 Å². The Kier molecular flexibility index (Phi) is 5.96. The van der Waals surface area contributed by atoms with Gasteiger partial charge in [-0.3, -0.25) is 9.69 Å². The van der Waals surface area contributed by atoms with Gasteiger partial charge in [0, 0.05) is 36.6 Å². The molecule has 1 amide bonds. The molecule has 0 saturated carbocycles. The number of aromatic nitrogens is 1. The van der Waals surface area contributed by atoms with Gasteiger partial charge in [-0.15, -0.1) is 22.7 Å². The number of amides is 1. The Hall–Kier alpha value is -1.93. The summed E-state index contributed by atoms with van der Waals surface area (Å²) >= 11 is 9.47. The van der Waals surface area contributed by atoms with Crippen LogP contribution in [-0.4, -0.2) is 54.0 Å². The molecule has 1 fully saturated rings. The smallest absolute Gasteiger partial charge is 0.257 e. The molecule has 0 N–H and O–H groups in total. The predicted octanol–water partition coefficient (Wildman–Crippen LogP) is 4.49. The van der Waals surface area contributed by atoms with Crippen LogP contribution in [-0.2, 0) is 6.54 Å². The van der Waals surface area contributed by atoms with Crippen molar-refractivity contribution in [2.24, 2.45) is 0 Å². The van der Waals surface area contributed by atoms with E-state index in [1.165, 1.54) is 4.88 Å². The lowest BCUT2D eigenvalue weighted by atomic mass is 10.1. The van der Waals surface area contributed by atoms with Crippen LogP contribution in [0.1, 0.15) is 15.4 Å². The number of methoxy groups -OCH3 is 1. The van der Waals surface area contributed by atoms with E-state index >= 15 is 0 Å². The third kappa shape index (κ3) is 4.22. The van der Waals surface area contributed by atoms with Gasteiger partial charge in [-0.05, 0) is 29.6 Å². The molecule has 0 bridgehead atoms. The molecule has 3 aromatic rings. The molecule has 0 unspecified atom stereocenters. The van der Waals surface area contributed by atoms with Crippen molar-refractivity contribution in [3.8, 4) is 16.3 Å². The molecule has 28 heavy (non-hydrogen) atoms. The van der Waals surface area contributed by atoms with E-state index in [4.69, 9.17) is 21.3 Å². The van der Waals surface area contributed by atoms with Crippen molar-refractivity contribution in [3.63, 3.8) is 0 Å². The van der Waals surface area contributed by atoms with Crippen molar-refractivity contribution < 1.29 is 9.53 Å². The van der Waals surface area contributed by atoms with E-state index in [1.54, 1.807) is 48.0 Å². The van der Waals surface area contributed by atoms with Crippen LogP contribution in [0.3, 0.4) is 0 Å². The van der Waals surface area contributed by atoms with E-state index in [9.17, 15) is 4.79 Å². The number of piperazine rings is 1. The number of ether oxygens (including phenoxy) is 1. The lowest BCUT2D eigenvalue weighted by Gasteiger charge is -2.34. The van der Waals surface area contributed by atoms with Crippen LogP contribution in [0.15, 0.2) is 41.1 Å². The molecule has 5 nitrogen and oxygen atoms in total. The van der Waals surface area contributed by atoms with Crippen molar-refractivity contribution >= 4 is 40.2 Å². The molecule has 0 spiro atoms. The SMILES string of the molecule is COc1ccc(Cl)cc1C(=O)N1CCN(Cc2nc(-c3cccs3)cs2)CC1. The van der Waals surface area contributed by atoms with Crippen molar-refractivity contribution in [1.82, 2.24) is 14.8 Å². The van der Waals surface area contributed by atoms with Crippen molar-refractivity contribution in [3.05, 3.63) is 56.7 Å². The fourth-order valence-corrected chi connectivity index (χ4v) is 5.01. The Morgan fingerprint density at radius 3 is 2.75 bits per heavy atom. The van der Waals surface area contributed by atoms with Crippen LogP contribution in [0, 0.1) is 0 Å². The lowest BCUT2D eigenvalue weighted by Crippen LogP contribution is -2.48. The molecule has 1 aromatic carbocycles. The number of hydrogen-bond acceptors (Lipinski definition) is 6. The number of rotatable bonds is 5. The van der Waals surface area contributed by atoms with Crippen LogP contribution < -0.4 is 4.74 Å². The average molecular weight is 434 g/mol. The number of carbonyl (C=O) groups is 1. The van der Waals surface area contributed by atoms with E-state index in [0.29, 0.717) is 29.4 Å². The van der Waals surface area contributed by atoms with Gasteiger partial charge in [0.05, 0.1) is 29.8 Å². The van der Waals surface area contributed by atoms with Crippen LogP contribution in [0.25, 0.3) is 10.6 Å². The first kappa shape index (κ1) is 19.4. The van der Waals surface area contributed by atoms with Gasteiger partial charge in [-0.2, -0.15) is 0 Å². The molecule has 0 aliphatic carbocycles. The van der Waals surface area contributed by atoms with Crippen LogP contribution in [0.5, 0.6) is 5.75 Å². The van der Waals surface area contributed by atoms with E-state index in [-0.39, 0.29) is 5.91 Å². The van der Waals surface area contributed by atoms with Gasteiger partial charge in [0.15, 0.2) is 0 Å². The first-order chi connectivity index (χ1) is 13.6. The van der Waals surface area contributed by atoms with Crippen molar-refractivity contribution in [2.45, 2.75) is 6.54 Å². The van der Waals surface area contributed by atoms with Gasteiger partial charge < -0.3 is 9.64 Å². The molecule has 1 aliphatic heterocycles. The number of thiazole rings is 1. The Bertz CT molecular complexity index is 950. The summed E-state index contributed by atoms with van der Waals surface area (Å²) in [6.07, 6.45) is 0. The maximum Gasteiger partial charge on any atom is 0.257 e. The minimum Gasteiger partial charge on any atom is -0.496 e. The Morgan fingerprint density at radius 2 is 2.04 bits per heavy atom. The maximum absolute atomic E-state index is 12.9. The molecule has 0 atom stereocenters. The first-order valence-electron chi connectivity index (χ1n) is 8.97. The van der Waals surface area contributed by atoms with Crippen LogP contribution in [0.4, 0.5) is 0 Å². The van der Waals surface area contributed by atoms with Gasteiger partial charge in [-0.25, -0.2) is 4.98 Å². The maximum atomic E-state index is 12.9. The number of benzene rings is 1. The second-order valence-electron chi connectivity index (χ2n) is 6.52. The second kappa shape index (κ2) is 8.61. The van der Waals surface area contributed by atoms with Gasteiger partial charge in [-0.1, -0.05) is 17.7 Å². The Balaban J connectivity index is 1.36. The Labute approximate surface area is 177 Å². The predicted molar refractivity (Wildman–Crippen MR) is 115 cm³/mol. The number of thiophene rings is 1. The van der Waals surface area contributed by atoms with Gasteiger partial charge in [0.25, 0.3) is 5.91 Å². The molecule has 146 valence electrons. The molecule has 1 aliphatic rings. The van der Waals surface area contributed by atoms with Gasteiger partial charge in [0.2, 0.25) is 0 Å². The van der Waals surface area contributed by atoms with Gasteiger partial charge >= 0.3 is 0 Å². The molecular formula is C20H20ClN3O2S2. The summed E-state index contributed by atoms with van der Waals surface area (Å²) in [4.78, 5) is 23.1. The van der Waals surface area contributed by atoms with Gasteiger partial charge in [0.1, 0.15) is 10.8 Å². The van der Waals surface area contributed by atoms with E-state index in [2.05, 4.69) is 21.7 Å². The summed E-state index contributed by atoms with van der Waals surface area (Å²) in [6.45, 7) is 3.82. The minimum absolute atomic E-state index is 0.0340. The van der Waals surface area contributed by atoms with E-state index < -0.39 is 0 Å². The standard InChI is InChI=1S/C20H20ClN3O2S2/c1-26-17-5-4-14(21)11-15(17)20(25)24-8-6-23(7-9-24)12-19-22-16(13-28-19)18-3-2-10-27-18/h2-5,10-11,13H,6-9,12H2,1H3. The zero-order valence-corrected chi connectivity index (χ0v) is 17.8. The highest BCUT2D eigenvalue weighted by molar-refractivity contribution is 7.14. The zero-order chi connectivity index (χ0) is 19.5. The highest BCUT2D eigenvalue weighted by Gasteiger charge is 2.25. The molecular weight excluding hydrogens is 414 g/mol. The zero-order valence-electron chi connectivity index (χ0n) is 15.4. The summed E-state index contributed by atoms with van der Waals surface area (Å²) < 4.78 is 5.32. The first-order valence-corrected chi connectivity index (χ1v) is 11.1. The summed E-state index contributed by atoms with van der Waals surface area (Å²) in [5, 5.41) is 5.83. The minimum atomic E-state index is -0.0340. The summed E-state index contributed by atoms with van der Waals surface area (Å²) in [7, 11) is 1.57.